The van der Waals surface area contributed by atoms with Gasteiger partial charge in [0.15, 0.2) is 0 Å². The van der Waals surface area contributed by atoms with Gasteiger partial charge in [-0.1, -0.05) is 36.7 Å². The van der Waals surface area contributed by atoms with Crippen LogP contribution in [0.25, 0.3) is 0 Å². The summed E-state index contributed by atoms with van der Waals surface area (Å²) >= 11 is 6.48. The molecular formula is C40H48ClN5O5S. The number of aromatic nitrogens is 2. The topological polar surface area (TPSA) is 115 Å². The average molecular weight is 746 g/mol. The fraction of sp³-hybridized carbons (Fsp3) is 0.525. The number of allylic oxidation sites excluding steroid dienone is 1. The van der Waals surface area contributed by atoms with E-state index < -0.39 is 21.7 Å². The Kier molecular flexibility index (Phi) is 9.72. The minimum absolute atomic E-state index is 0.0131. The van der Waals surface area contributed by atoms with Crippen LogP contribution in [0.15, 0.2) is 65.3 Å². The molecule has 12 heteroatoms. The van der Waals surface area contributed by atoms with Crippen molar-refractivity contribution in [2.24, 2.45) is 35.1 Å². The van der Waals surface area contributed by atoms with Crippen molar-refractivity contribution >= 4 is 39.0 Å². The van der Waals surface area contributed by atoms with E-state index in [1.165, 1.54) is 34.8 Å². The highest BCUT2D eigenvalue weighted by atomic mass is 35.5. The third kappa shape index (κ3) is 7.41. The lowest BCUT2D eigenvalue weighted by Gasteiger charge is -2.46. The largest absolute Gasteiger partial charge is 0.490 e. The van der Waals surface area contributed by atoms with Gasteiger partial charge in [0.1, 0.15) is 15.7 Å². The Morgan fingerprint density at radius 2 is 2.04 bits per heavy atom. The summed E-state index contributed by atoms with van der Waals surface area (Å²) in [5.74, 6) is 0.782. The molecule has 2 fully saturated rings. The number of nitrogens with one attached hydrogen (secondary N) is 1. The number of ether oxygens (including phenoxy) is 2. The fourth-order valence-corrected chi connectivity index (χ4v) is 10.7. The number of aryl methyl sites for hydroxylation is 2. The molecule has 0 radical (unpaired) electrons. The Balaban J connectivity index is 1.19. The van der Waals surface area contributed by atoms with Crippen LogP contribution >= 0.6 is 11.6 Å². The van der Waals surface area contributed by atoms with Crippen molar-refractivity contribution in [2.75, 3.05) is 37.0 Å². The first-order valence-electron chi connectivity index (χ1n) is 18.8. The van der Waals surface area contributed by atoms with Gasteiger partial charge >= 0.3 is 0 Å². The van der Waals surface area contributed by atoms with Gasteiger partial charge in [-0.15, -0.1) is 4.36 Å². The van der Waals surface area contributed by atoms with E-state index in [0.717, 1.165) is 62.5 Å². The molecule has 3 aliphatic carbocycles. The number of fused-ring (bicyclic) bond motifs is 4. The number of hydrogen-bond acceptors (Lipinski definition) is 7. The molecule has 52 heavy (non-hydrogen) atoms. The van der Waals surface area contributed by atoms with Gasteiger partial charge in [-0.2, -0.15) is 5.10 Å². The third-order valence-electron chi connectivity index (χ3n) is 11.7. The van der Waals surface area contributed by atoms with Crippen molar-refractivity contribution in [1.29, 1.82) is 0 Å². The Hall–Kier alpha value is -3.67. The zero-order valence-electron chi connectivity index (χ0n) is 30.0. The number of rotatable bonds is 5. The molecule has 1 spiro atoms. The van der Waals surface area contributed by atoms with Crippen LogP contribution in [0.5, 0.6) is 5.75 Å². The minimum Gasteiger partial charge on any atom is -0.490 e. The molecule has 2 saturated carbocycles. The van der Waals surface area contributed by atoms with Gasteiger partial charge < -0.3 is 14.4 Å². The maximum absolute atomic E-state index is 14.5. The van der Waals surface area contributed by atoms with Crippen LogP contribution in [-0.2, 0) is 33.5 Å². The second-order valence-electron chi connectivity index (χ2n) is 15.8. The van der Waals surface area contributed by atoms with Crippen molar-refractivity contribution in [3.8, 4) is 5.75 Å². The zero-order chi connectivity index (χ0) is 36.0. The summed E-state index contributed by atoms with van der Waals surface area (Å²) in [5, 5.41) is 4.83. The maximum atomic E-state index is 14.5. The number of anilines is 1. The van der Waals surface area contributed by atoms with E-state index in [2.05, 4.69) is 43.4 Å². The summed E-state index contributed by atoms with van der Waals surface area (Å²) in [4.78, 5) is 29.7. The SMILES string of the molecule is C[C@H]1C/C=C/[C@H](OCC2CC2)[C@@H]2CC[C@H]2CN2C[C@@]3(CCCc4cc(Cl)ccc43)COc3ccc(cc32)C(=O)N=S(=O)(NC(=O)c2cnn(C)c2)C1. The molecular weight excluding hydrogens is 698 g/mol. The summed E-state index contributed by atoms with van der Waals surface area (Å²) in [6.07, 6.45) is 15.5. The van der Waals surface area contributed by atoms with Crippen LogP contribution < -0.4 is 14.4 Å². The van der Waals surface area contributed by atoms with E-state index in [-0.39, 0.29) is 28.8 Å². The first-order chi connectivity index (χ1) is 25.1. The highest BCUT2D eigenvalue weighted by Crippen LogP contribution is 2.47. The van der Waals surface area contributed by atoms with E-state index in [1.54, 1.807) is 19.3 Å². The molecule has 2 aliphatic heterocycles. The Morgan fingerprint density at radius 1 is 1.17 bits per heavy atom. The smallest absolute Gasteiger partial charge is 0.286 e. The summed E-state index contributed by atoms with van der Waals surface area (Å²) in [6, 6.07) is 11.7. The normalized spacial score (nSPS) is 30.9. The van der Waals surface area contributed by atoms with Gasteiger partial charge in [0.25, 0.3) is 11.8 Å². The van der Waals surface area contributed by atoms with Crippen LogP contribution in [0.1, 0.15) is 83.7 Å². The molecule has 6 atom stereocenters. The van der Waals surface area contributed by atoms with Gasteiger partial charge in [-0.05, 0) is 116 Å². The van der Waals surface area contributed by atoms with Gasteiger partial charge in [-0.25, -0.2) is 4.21 Å². The number of carbonyl (C=O) groups excluding carboxylic acids is 2. The van der Waals surface area contributed by atoms with E-state index in [4.69, 9.17) is 21.1 Å². The van der Waals surface area contributed by atoms with E-state index in [1.807, 2.05) is 25.1 Å². The van der Waals surface area contributed by atoms with Gasteiger partial charge in [0.2, 0.25) is 0 Å². The van der Waals surface area contributed by atoms with Gasteiger partial charge in [0, 0.05) is 42.3 Å². The predicted molar refractivity (Wildman–Crippen MR) is 202 cm³/mol. The third-order valence-corrected chi connectivity index (χ3v) is 13.9. The molecule has 3 heterocycles. The lowest BCUT2D eigenvalue weighted by molar-refractivity contribution is -0.0182. The second kappa shape index (κ2) is 14.3. The first-order valence-corrected chi connectivity index (χ1v) is 20.8. The summed E-state index contributed by atoms with van der Waals surface area (Å²) in [5.41, 5.74) is 3.69. The molecule has 5 aliphatic rings. The zero-order valence-corrected chi connectivity index (χ0v) is 31.5. The molecule has 1 N–H and O–H groups in total. The van der Waals surface area contributed by atoms with E-state index in [9.17, 15) is 13.8 Å². The maximum Gasteiger partial charge on any atom is 0.286 e. The molecule has 1 aromatic heterocycles. The molecule has 10 nitrogen and oxygen atoms in total. The Labute approximate surface area is 311 Å². The van der Waals surface area contributed by atoms with Crippen molar-refractivity contribution in [2.45, 2.75) is 69.8 Å². The van der Waals surface area contributed by atoms with Crippen LogP contribution in [0.2, 0.25) is 5.02 Å². The first kappa shape index (κ1) is 35.4. The number of halogens is 1. The number of benzene rings is 2. The summed E-state index contributed by atoms with van der Waals surface area (Å²) in [7, 11) is -1.82. The Bertz CT molecular complexity index is 2020. The lowest BCUT2D eigenvalue weighted by atomic mass is 9.68. The standard InChI is InChI=1S/C40H48ClN5O5S/c1-26-5-3-7-36(50-22-27-8-9-27)33-13-10-30(33)21-46-24-40(16-4-6-28-17-32(41)12-14-34(28)40)25-51-37-15-11-29(18-35(37)46)38(47)43-52(49,23-26)44-39(48)31-19-42-45(2)20-31/h3,7,11-12,14-15,17-20,26-27,30,33,36H,4-6,8-10,13,16,21-25H2,1-2H3,(H,43,44,47,48,49)/b7-3+/t26-,30-,33+,36-,40-,52?/m0/s1. The second-order valence-corrected chi connectivity index (χ2v) is 18.3. The van der Waals surface area contributed by atoms with Crippen LogP contribution in [0.4, 0.5) is 5.69 Å². The van der Waals surface area contributed by atoms with Crippen molar-refractivity contribution in [1.82, 2.24) is 14.5 Å². The van der Waals surface area contributed by atoms with Gasteiger partial charge in [-0.3, -0.25) is 19.0 Å². The van der Waals surface area contributed by atoms with E-state index in [0.29, 0.717) is 42.1 Å². The molecule has 0 saturated heterocycles. The van der Waals surface area contributed by atoms with Crippen molar-refractivity contribution < 1.29 is 23.3 Å². The highest BCUT2D eigenvalue weighted by Gasteiger charge is 2.45. The summed E-state index contributed by atoms with van der Waals surface area (Å²) in [6.45, 7) is 4.78. The van der Waals surface area contributed by atoms with Crippen molar-refractivity contribution in [3.05, 3.63) is 88.2 Å². The van der Waals surface area contributed by atoms with Crippen LogP contribution in [0.3, 0.4) is 0 Å². The quantitative estimate of drug-likeness (QED) is 0.282. The molecule has 8 rings (SSSR count). The van der Waals surface area contributed by atoms with Crippen molar-refractivity contribution in [3.63, 3.8) is 0 Å². The van der Waals surface area contributed by atoms with Gasteiger partial charge in [0.05, 0.1) is 42.5 Å². The molecule has 3 aromatic rings. The molecule has 1 unspecified atom stereocenters. The number of amides is 2. The van der Waals surface area contributed by atoms with E-state index >= 15 is 0 Å². The fourth-order valence-electron chi connectivity index (χ4n) is 8.57. The van der Waals surface area contributed by atoms with Crippen LogP contribution in [-0.4, -0.2) is 64.0 Å². The Morgan fingerprint density at radius 3 is 2.81 bits per heavy atom. The monoisotopic (exact) mass is 745 g/mol. The number of hydrogen-bond donors (Lipinski definition) is 1. The predicted octanol–water partition coefficient (Wildman–Crippen LogP) is 6.92. The highest BCUT2D eigenvalue weighted by molar-refractivity contribution is 7.92. The number of carbonyl (C=O) groups is 2. The van der Waals surface area contributed by atoms with Crippen LogP contribution in [0, 0.1) is 23.7 Å². The minimum atomic E-state index is -3.52. The molecule has 2 aromatic carbocycles. The lowest BCUT2D eigenvalue weighted by Crippen LogP contribution is -2.49. The molecule has 276 valence electrons. The number of nitrogens with zero attached hydrogens (tertiary/aromatic N) is 4. The molecule has 2 amide bonds. The molecule has 2 bridgehead atoms. The average Bonchev–Trinajstić information content (AvgIpc) is 3.85. The summed E-state index contributed by atoms with van der Waals surface area (Å²) < 4.78 is 36.3.